The van der Waals surface area contributed by atoms with Crippen molar-refractivity contribution in [1.29, 1.82) is 0 Å². The van der Waals surface area contributed by atoms with E-state index >= 15 is 0 Å². The van der Waals surface area contributed by atoms with Gasteiger partial charge in [-0.25, -0.2) is 14.6 Å². The van der Waals surface area contributed by atoms with Crippen LogP contribution in [0.25, 0.3) is 21.9 Å². The molecular formula is C25H21N3O3. The predicted octanol–water partition coefficient (Wildman–Crippen LogP) is 4.77. The molecule has 6 heteroatoms. The summed E-state index contributed by atoms with van der Waals surface area (Å²) in [6.07, 6.45) is 1.58. The lowest BCUT2D eigenvalue weighted by Gasteiger charge is -2.24. The molecule has 0 atom stereocenters. The zero-order valence-corrected chi connectivity index (χ0v) is 17.0. The van der Waals surface area contributed by atoms with Crippen LogP contribution in [0, 0.1) is 0 Å². The molecule has 0 fully saturated rings. The maximum absolute atomic E-state index is 12.4. The van der Waals surface area contributed by atoms with Crippen LogP contribution in [-0.4, -0.2) is 24.1 Å². The van der Waals surface area contributed by atoms with E-state index in [9.17, 15) is 9.59 Å². The Morgan fingerprint density at radius 1 is 0.935 bits per heavy atom. The van der Waals surface area contributed by atoms with Gasteiger partial charge in [0, 0.05) is 17.3 Å². The monoisotopic (exact) mass is 411 g/mol. The lowest BCUT2D eigenvalue weighted by Crippen LogP contribution is -2.35. The van der Waals surface area contributed by atoms with Crippen LogP contribution < -0.4 is 10.6 Å². The number of nitrogens with two attached hydrogens (primary N) is 1. The number of pyridine rings is 1. The van der Waals surface area contributed by atoms with Gasteiger partial charge in [-0.05, 0) is 34.5 Å². The third-order valence-electron chi connectivity index (χ3n) is 5.08. The van der Waals surface area contributed by atoms with E-state index in [0.29, 0.717) is 12.2 Å². The second-order valence-corrected chi connectivity index (χ2v) is 7.05. The molecule has 4 rings (SSSR count). The number of carbonyl (C=O) groups excluding carboxylic acids is 2. The Kier molecular flexibility index (Phi) is 5.62. The summed E-state index contributed by atoms with van der Waals surface area (Å²) in [6.45, 7) is 0.324. The number of para-hydroxylation sites is 1. The number of nitrogens with zero attached hydrogens (tertiary/aromatic N) is 2. The van der Waals surface area contributed by atoms with Crippen molar-refractivity contribution in [3.05, 3.63) is 96.3 Å². The molecule has 0 saturated carbocycles. The molecule has 6 nitrogen and oxygen atoms in total. The summed E-state index contributed by atoms with van der Waals surface area (Å²) in [4.78, 5) is 29.8. The highest BCUT2D eigenvalue weighted by atomic mass is 16.5. The van der Waals surface area contributed by atoms with E-state index in [4.69, 9.17) is 10.5 Å². The van der Waals surface area contributed by atoms with E-state index in [1.54, 1.807) is 18.3 Å². The van der Waals surface area contributed by atoms with Crippen LogP contribution in [0.15, 0.2) is 85.1 Å². The number of ether oxygens (including phenoxy) is 1. The van der Waals surface area contributed by atoms with E-state index in [0.717, 1.165) is 27.5 Å². The SMILES string of the molecule is COC(=O)c1ccc(-c2ccccc2N(Cc2ccc3ccccc3c2)C(N)=O)cn1. The van der Waals surface area contributed by atoms with E-state index in [1.807, 2.05) is 60.7 Å². The Labute approximate surface area is 179 Å². The van der Waals surface area contributed by atoms with Gasteiger partial charge in [0.05, 0.1) is 19.3 Å². The van der Waals surface area contributed by atoms with E-state index in [-0.39, 0.29) is 5.69 Å². The normalized spacial score (nSPS) is 10.6. The van der Waals surface area contributed by atoms with Crippen molar-refractivity contribution in [3.63, 3.8) is 0 Å². The molecular weight excluding hydrogens is 390 g/mol. The summed E-state index contributed by atoms with van der Waals surface area (Å²) in [5.74, 6) is -0.505. The van der Waals surface area contributed by atoms with Gasteiger partial charge in [-0.2, -0.15) is 0 Å². The molecule has 31 heavy (non-hydrogen) atoms. The highest BCUT2D eigenvalue weighted by molar-refractivity contribution is 5.96. The van der Waals surface area contributed by atoms with Gasteiger partial charge in [-0.15, -0.1) is 0 Å². The molecule has 0 unspecified atom stereocenters. The molecule has 0 spiro atoms. The summed E-state index contributed by atoms with van der Waals surface area (Å²) in [5.41, 5.74) is 9.15. The van der Waals surface area contributed by atoms with Crippen LogP contribution in [0.3, 0.4) is 0 Å². The first kappa shape index (κ1) is 20.1. The highest BCUT2D eigenvalue weighted by Gasteiger charge is 2.18. The number of amides is 2. The Balaban J connectivity index is 1.70. The van der Waals surface area contributed by atoms with Crippen molar-refractivity contribution < 1.29 is 14.3 Å². The van der Waals surface area contributed by atoms with Crippen LogP contribution in [0.4, 0.5) is 10.5 Å². The Morgan fingerprint density at radius 3 is 2.39 bits per heavy atom. The summed E-state index contributed by atoms with van der Waals surface area (Å²) in [6, 6.07) is 24.4. The molecule has 0 aliphatic rings. The topological polar surface area (TPSA) is 85.5 Å². The largest absolute Gasteiger partial charge is 0.464 e. The third kappa shape index (κ3) is 4.23. The second-order valence-electron chi connectivity index (χ2n) is 7.05. The maximum atomic E-state index is 12.4. The van der Waals surface area contributed by atoms with E-state index in [2.05, 4.69) is 11.1 Å². The lowest BCUT2D eigenvalue weighted by molar-refractivity contribution is 0.0594. The van der Waals surface area contributed by atoms with Crippen molar-refractivity contribution in [2.45, 2.75) is 6.54 Å². The third-order valence-corrected chi connectivity index (χ3v) is 5.08. The number of aromatic nitrogens is 1. The number of urea groups is 1. The smallest absolute Gasteiger partial charge is 0.356 e. The highest BCUT2D eigenvalue weighted by Crippen LogP contribution is 2.32. The van der Waals surface area contributed by atoms with Gasteiger partial charge in [0.15, 0.2) is 0 Å². The minimum absolute atomic E-state index is 0.214. The minimum atomic E-state index is -0.556. The number of hydrogen-bond donors (Lipinski definition) is 1. The average Bonchev–Trinajstić information content (AvgIpc) is 2.82. The molecule has 0 saturated heterocycles. The number of benzene rings is 3. The molecule has 1 aromatic heterocycles. The van der Waals surface area contributed by atoms with Gasteiger partial charge >= 0.3 is 12.0 Å². The molecule has 0 radical (unpaired) electrons. The maximum Gasteiger partial charge on any atom is 0.356 e. The first-order valence-corrected chi connectivity index (χ1v) is 9.75. The van der Waals surface area contributed by atoms with Gasteiger partial charge in [0.25, 0.3) is 0 Å². The predicted molar refractivity (Wildman–Crippen MR) is 121 cm³/mol. The van der Waals surface area contributed by atoms with Crippen molar-refractivity contribution in [2.24, 2.45) is 5.73 Å². The molecule has 2 amide bonds. The molecule has 2 N–H and O–H groups in total. The Morgan fingerprint density at radius 2 is 1.68 bits per heavy atom. The Hall–Kier alpha value is -4.19. The molecule has 154 valence electrons. The lowest BCUT2D eigenvalue weighted by atomic mass is 10.0. The van der Waals surface area contributed by atoms with Crippen LogP contribution in [0.1, 0.15) is 16.1 Å². The van der Waals surface area contributed by atoms with Crippen LogP contribution in [0.5, 0.6) is 0 Å². The summed E-state index contributed by atoms with van der Waals surface area (Å²) in [7, 11) is 1.31. The number of primary amides is 1. The number of esters is 1. The van der Waals surface area contributed by atoms with Gasteiger partial charge in [-0.3, -0.25) is 4.90 Å². The quantitative estimate of drug-likeness (QED) is 0.479. The minimum Gasteiger partial charge on any atom is -0.464 e. The van der Waals surface area contributed by atoms with E-state index in [1.165, 1.54) is 12.0 Å². The molecule has 3 aromatic carbocycles. The van der Waals surface area contributed by atoms with Crippen molar-refractivity contribution in [2.75, 3.05) is 12.0 Å². The number of anilines is 1. The molecule has 0 bridgehead atoms. The fraction of sp³-hybridized carbons (Fsp3) is 0.0800. The number of hydrogen-bond acceptors (Lipinski definition) is 4. The van der Waals surface area contributed by atoms with Crippen LogP contribution in [0.2, 0.25) is 0 Å². The van der Waals surface area contributed by atoms with Gasteiger partial charge in [0.1, 0.15) is 5.69 Å². The average molecular weight is 411 g/mol. The number of methoxy groups -OCH3 is 1. The standard InChI is InChI=1S/C25H21N3O3/c1-31-24(29)22-13-12-20(15-27-22)21-8-4-5-9-23(21)28(25(26)30)16-17-10-11-18-6-2-3-7-19(18)14-17/h2-15H,16H2,1H3,(H2,26,30). The van der Waals surface area contributed by atoms with Gasteiger partial charge < -0.3 is 10.5 Å². The van der Waals surface area contributed by atoms with Crippen LogP contribution in [-0.2, 0) is 11.3 Å². The molecule has 0 aliphatic heterocycles. The first-order chi connectivity index (χ1) is 15.1. The summed E-state index contributed by atoms with van der Waals surface area (Å²) >= 11 is 0. The second kappa shape index (κ2) is 8.67. The zero-order valence-electron chi connectivity index (χ0n) is 17.0. The van der Waals surface area contributed by atoms with Crippen molar-refractivity contribution >= 4 is 28.5 Å². The van der Waals surface area contributed by atoms with Crippen molar-refractivity contribution in [1.82, 2.24) is 4.98 Å². The number of fused-ring (bicyclic) bond motifs is 1. The number of carbonyl (C=O) groups is 2. The summed E-state index contributed by atoms with van der Waals surface area (Å²) in [5, 5.41) is 2.23. The van der Waals surface area contributed by atoms with E-state index < -0.39 is 12.0 Å². The zero-order chi connectivity index (χ0) is 21.8. The first-order valence-electron chi connectivity index (χ1n) is 9.75. The van der Waals surface area contributed by atoms with Crippen LogP contribution >= 0.6 is 0 Å². The van der Waals surface area contributed by atoms with Gasteiger partial charge in [-0.1, -0.05) is 60.7 Å². The van der Waals surface area contributed by atoms with Crippen molar-refractivity contribution in [3.8, 4) is 11.1 Å². The Bertz CT molecular complexity index is 1250. The molecule has 4 aromatic rings. The fourth-order valence-electron chi connectivity index (χ4n) is 3.53. The molecule has 1 heterocycles. The number of rotatable bonds is 5. The summed E-state index contributed by atoms with van der Waals surface area (Å²) < 4.78 is 4.70. The fourth-order valence-corrected chi connectivity index (χ4v) is 3.53. The molecule has 0 aliphatic carbocycles. The van der Waals surface area contributed by atoms with Gasteiger partial charge in [0.2, 0.25) is 0 Å².